The normalized spacial score (nSPS) is 9.93. The molecule has 0 aliphatic rings. The molecule has 0 bridgehead atoms. The van der Waals surface area contributed by atoms with E-state index in [0.717, 1.165) is 29.0 Å². The van der Waals surface area contributed by atoms with Crippen LogP contribution in [0.25, 0.3) is 0 Å². The smallest absolute Gasteiger partial charge is 0.128 e. The Morgan fingerprint density at radius 1 is 1.57 bits per heavy atom. The summed E-state index contributed by atoms with van der Waals surface area (Å²) in [4.78, 5) is 6.53. The number of rotatable bonds is 4. The van der Waals surface area contributed by atoms with E-state index in [2.05, 4.69) is 39.3 Å². The summed E-state index contributed by atoms with van der Waals surface area (Å²) in [5, 5.41) is 0. The minimum atomic E-state index is 0.866. The van der Waals surface area contributed by atoms with Crippen LogP contribution in [0, 0.1) is 0 Å². The largest absolute Gasteiger partial charge is 0.353 e. The van der Waals surface area contributed by atoms with Crippen LogP contribution in [0.2, 0.25) is 0 Å². The Labute approximate surface area is 93.8 Å². The van der Waals surface area contributed by atoms with E-state index in [9.17, 15) is 0 Å². The zero-order valence-electron chi connectivity index (χ0n) is 8.63. The van der Waals surface area contributed by atoms with Crippen molar-refractivity contribution in [3.63, 3.8) is 0 Å². The lowest BCUT2D eigenvalue weighted by atomic mass is 10.3. The molecular weight excluding hydrogens is 240 g/mol. The molecule has 0 aliphatic heterocycles. The molecule has 1 rings (SSSR count). The number of anilines is 1. The van der Waals surface area contributed by atoms with E-state index in [4.69, 9.17) is 0 Å². The molecule has 1 aromatic heterocycles. The van der Waals surface area contributed by atoms with E-state index >= 15 is 0 Å². The van der Waals surface area contributed by atoms with Gasteiger partial charge in [0.25, 0.3) is 0 Å². The zero-order valence-corrected chi connectivity index (χ0v) is 10.2. The van der Waals surface area contributed by atoms with E-state index in [1.54, 1.807) is 0 Å². The van der Waals surface area contributed by atoms with Gasteiger partial charge in [0, 0.05) is 23.8 Å². The number of aromatic nitrogens is 1. The number of pyridine rings is 1. The summed E-state index contributed by atoms with van der Waals surface area (Å²) in [7, 11) is 0. The highest BCUT2D eigenvalue weighted by atomic mass is 79.9. The number of halogens is 1. The van der Waals surface area contributed by atoms with Gasteiger partial charge in [-0.3, -0.25) is 0 Å². The van der Waals surface area contributed by atoms with Crippen LogP contribution in [-0.4, -0.2) is 18.1 Å². The lowest BCUT2D eigenvalue weighted by Crippen LogP contribution is -2.25. The van der Waals surface area contributed by atoms with Crippen LogP contribution < -0.4 is 4.90 Å². The Bertz CT molecular complexity index is 306. The summed E-state index contributed by atoms with van der Waals surface area (Å²) in [5.74, 6) is 0.999. The van der Waals surface area contributed by atoms with Crippen molar-refractivity contribution in [3.05, 3.63) is 35.0 Å². The lowest BCUT2D eigenvalue weighted by molar-refractivity contribution is 0.859. The van der Waals surface area contributed by atoms with Crippen LogP contribution in [0.3, 0.4) is 0 Å². The monoisotopic (exact) mass is 254 g/mol. The fraction of sp³-hybridized carbons (Fsp3) is 0.364. The maximum atomic E-state index is 4.34. The van der Waals surface area contributed by atoms with Gasteiger partial charge in [0.1, 0.15) is 5.82 Å². The standard InChI is InChI=1S/C11H15BrN2/c1-4-14(8-9(2)3)11-6-5-10(12)7-13-11/h5-7H,2,4,8H2,1,3H3. The fourth-order valence-electron chi connectivity index (χ4n) is 1.24. The summed E-state index contributed by atoms with van der Waals surface area (Å²) in [6, 6.07) is 4.01. The van der Waals surface area contributed by atoms with Crippen molar-refractivity contribution in [3.8, 4) is 0 Å². The molecule has 0 N–H and O–H groups in total. The first kappa shape index (κ1) is 11.2. The van der Waals surface area contributed by atoms with Crippen LogP contribution in [-0.2, 0) is 0 Å². The van der Waals surface area contributed by atoms with Gasteiger partial charge in [0.2, 0.25) is 0 Å². The maximum absolute atomic E-state index is 4.34. The van der Waals surface area contributed by atoms with Crippen molar-refractivity contribution in [2.45, 2.75) is 13.8 Å². The Hall–Kier alpha value is -0.830. The van der Waals surface area contributed by atoms with Crippen LogP contribution in [0.4, 0.5) is 5.82 Å². The third-order valence-corrected chi connectivity index (χ3v) is 2.35. The van der Waals surface area contributed by atoms with Gasteiger partial charge in [-0.15, -0.1) is 0 Å². The number of hydrogen-bond acceptors (Lipinski definition) is 2. The summed E-state index contributed by atoms with van der Waals surface area (Å²) in [6.07, 6.45) is 1.82. The van der Waals surface area contributed by atoms with Crippen LogP contribution >= 0.6 is 15.9 Å². The Kier molecular flexibility index (Phi) is 4.14. The summed E-state index contributed by atoms with van der Waals surface area (Å²) in [6.45, 7) is 9.87. The molecule has 0 aromatic carbocycles. The number of hydrogen-bond donors (Lipinski definition) is 0. The van der Waals surface area contributed by atoms with Gasteiger partial charge in [-0.2, -0.15) is 0 Å². The predicted molar refractivity (Wildman–Crippen MR) is 64.6 cm³/mol. The molecule has 0 unspecified atom stereocenters. The molecule has 0 radical (unpaired) electrons. The number of nitrogens with zero attached hydrogens (tertiary/aromatic N) is 2. The average Bonchev–Trinajstić information content (AvgIpc) is 2.15. The molecule has 0 spiro atoms. The molecule has 14 heavy (non-hydrogen) atoms. The topological polar surface area (TPSA) is 16.1 Å². The van der Waals surface area contributed by atoms with Crippen molar-refractivity contribution in [1.82, 2.24) is 4.98 Å². The van der Waals surface area contributed by atoms with Crippen molar-refractivity contribution >= 4 is 21.7 Å². The molecule has 0 saturated carbocycles. The van der Waals surface area contributed by atoms with Crippen LogP contribution in [0.5, 0.6) is 0 Å². The SMILES string of the molecule is C=C(C)CN(CC)c1ccc(Br)cn1. The van der Waals surface area contributed by atoms with E-state index in [1.165, 1.54) is 0 Å². The minimum absolute atomic E-state index is 0.866. The van der Waals surface area contributed by atoms with E-state index in [-0.39, 0.29) is 0 Å². The van der Waals surface area contributed by atoms with Crippen molar-refractivity contribution in [2.75, 3.05) is 18.0 Å². The second kappa shape index (κ2) is 5.15. The lowest BCUT2D eigenvalue weighted by Gasteiger charge is -2.21. The van der Waals surface area contributed by atoms with Crippen molar-refractivity contribution in [1.29, 1.82) is 0 Å². The number of likely N-dealkylation sites (N-methyl/N-ethyl adjacent to an activating group) is 1. The van der Waals surface area contributed by atoms with Gasteiger partial charge in [0.05, 0.1) is 0 Å². The first-order valence-electron chi connectivity index (χ1n) is 4.64. The van der Waals surface area contributed by atoms with Crippen molar-refractivity contribution < 1.29 is 0 Å². The summed E-state index contributed by atoms with van der Waals surface area (Å²) in [5.41, 5.74) is 1.15. The molecule has 2 nitrogen and oxygen atoms in total. The molecule has 3 heteroatoms. The Morgan fingerprint density at radius 2 is 2.29 bits per heavy atom. The van der Waals surface area contributed by atoms with Gasteiger partial charge in [-0.1, -0.05) is 12.2 Å². The second-order valence-electron chi connectivity index (χ2n) is 3.31. The summed E-state index contributed by atoms with van der Waals surface area (Å²) < 4.78 is 1.01. The molecule has 0 aliphatic carbocycles. The summed E-state index contributed by atoms with van der Waals surface area (Å²) >= 11 is 3.37. The Morgan fingerprint density at radius 3 is 2.71 bits per heavy atom. The third kappa shape index (κ3) is 3.14. The van der Waals surface area contributed by atoms with Crippen molar-refractivity contribution in [2.24, 2.45) is 0 Å². The van der Waals surface area contributed by atoms with Gasteiger partial charge in [-0.25, -0.2) is 4.98 Å². The van der Waals surface area contributed by atoms with Gasteiger partial charge < -0.3 is 4.90 Å². The molecule has 0 amide bonds. The molecule has 1 heterocycles. The highest BCUT2D eigenvalue weighted by Gasteiger charge is 2.04. The molecule has 0 atom stereocenters. The molecule has 0 fully saturated rings. The molecule has 76 valence electrons. The first-order valence-corrected chi connectivity index (χ1v) is 5.43. The van der Waals surface area contributed by atoms with Gasteiger partial charge in [0.15, 0.2) is 0 Å². The third-order valence-electron chi connectivity index (χ3n) is 1.88. The van der Waals surface area contributed by atoms with E-state index < -0.39 is 0 Å². The highest BCUT2D eigenvalue weighted by molar-refractivity contribution is 9.10. The van der Waals surface area contributed by atoms with E-state index in [1.807, 2.05) is 25.3 Å². The van der Waals surface area contributed by atoms with Gasteiger partial charge >= 0.3 is 0 Å². The zero-order chi connectivity index (χ0) is 10.6. The van der Waals surface area contributed by atoms with Crippen LogP contribution in [0.15, 0.2) is 35.0 Å². The predicted octanol–water partition coefficient (Wildman–Crippen LogP) is 3.25. The average molecular weight is 255 g/mol. The highest BCUT2D eigenvalue weighted by Crippen LogP contribution is 2.15. The second-order valence-corrected chi connectivity index (χ2v) is 4.22. The first-order chi connectivity index (χ1) is 6.63. The van der Waals surface area contributed by atoms with E-state index in [0.29, 0.717) is 0 Å². The van der Waals surface area contributed by atoms with Crippen LogP contribution in [0.1, 0.15) is 13.8 Å². The molecule has 1 aromatic rings. The fourth-order valence-corrected chi connectivity index (χ4v) is 1.47. The quantitative estimate of drug-likeness (QED) is 0.768. The van der Waals surface area contributed by atoms with Gasteiger partial charge in [-0.05, 0) is 41.9 Å². The molecular formula is C11H15BrN2. The minimum Gasteiger partial charge on any atom is -0.353 e. The maximum Gasteiger partial charge on any atom is 0.128 e. The molecule has 0 saturated heterocycles. The Balaban J connectivity index is 2.78.